The largest absolute Gasteiger partial charge is 0.310 e. The van der Waals surface area contributed by atoms with Crippen molar-refractivity contribution in [2.75, 3.05) is 4.90 Å². The molecule has 0 fully saturated rings. The summed E-state index contributed by atoms with van der Waals surface area (Å²) in [6, 6.07) is 23.0. The van der Waals surface area contributed by atoms with E-state index in [1.807, 2.05) is 91.0 Å². The molecule has 0 saturated heterocycles. The molecule has 2 heteroatoms. The van der Waals surface area contributed by atoms with E-state index in [-0.39, 0.29) is 22.0 Å². The predicted octanol–water partition coefficient (Wildman–Crippen LogP) is 13.7. The highest BCUT2D eigenvalue weighted by Crippen LogP contribution is 2.42. The number of rotatable bonds is 6. The molecule has 0 amide bonds. The van der Waals surface area contributed by atoms with Crippen molar-refractivity contribution in [2.24, 2.45) is 0 Å². The standard InChI is InChI=1S/C46H31NS/c1-3-12-32(13-4-1)35-17-11-18-39(29-35)47(40-26-27-46-44(31-40)42-20-9-10-21-45(42)48-46)38-24-22-33(23-25-38)37-28-36-16-7-8-19-41(36)43(30-37)34-14-5-2-6-15-34/h1-31H/i2D,5D,6D,7D,8D,14D,15D,16D,22D,23D,24D,25D,28D,30D. The van der Waals surface area contributed by atoms with Gasteiger partial charge in [0, 0.05) is 37.2 Å². The molecule has 0 saturated carbocycles. The van der Waals surface area contributed by atoms with Gasteiger partial charge in [0.1, 0.15) is 0 Å². The number of benzene rings is 8. The summed E-state index contributed by atoms with van der Waals surface area (Å²) < 4.78 is 128. The van der Waals surface area contributed by atoms with Crippen molar-refractivity contribution in [1.82, 2.24) is 0 Å². The zero-order valence-corrected chi connectivity index (χ0v) is 26.0. The van der Waals surface area contributed by atoms with Gasteiger partial charge in [0.2, 0.25) is 0 Å². The van der Waals surface area contributed by atoms with Crippen LogP contribution in [0.3, 0.4) is 0 Å². The van der Waals surface area contributed by atoms with Crippen LogP contribution < -0.4 is 4.90 Å². The molecule has 0 aliphatic rings. The summed E-state index contributed by atoms with van der Waals surface area (Å²) in [5.74, 6) is 0. The van der Waals surface area contributed by atoms with Crippen LogP contribution in [-0.2, 0) is 0 Å². The first-order chi connectivity index (χ1) is 29.6. The van der Waals surface area contributed by atoms with Crippen LogP contribution >= 0.6 is 11.3 Å². The smallest absolute Gasteiger partial charge is 0.0645 e. The topological polar surface area (TPSA) is 3.24 Å². The minimum Gasteiger partial charge on any atom is -0.310 e. The fourth-order valence-corrected chi connectivity index (χ4v) is 7.03. The van der Waals surface area contributed by atoms with Crippen molar-refractivity contribution in [1.29, 1.82) is 0 Å². The van der Waals surface area contributed by atoms with Crippen LogP contribution in [0.5, 0.6) is 0 Å². The molecule has 0 spiro atoms. The van der Waals surface area contributed by atoms with Crippen molar-refractivity contribution in [2.45, 2.75) is 0 Å². The van der Waals surface area contributed by atoms with E-state index < -0.39 is 101 Å². The summed E-state index contributed by atoms with van der Waals surface area (Å²) in [5, 5.41) is 1.42. The first-order valence-corrected chi connectivity index (χ1v) is 16.0. The van der Waals surface area contributed by atoms with Gasteiger partial charge in [0.15, 0.2) is 0 Å². The maximum absolute atomic E-state index is 9.63. The number of hydrogen-bond donors (Lipinski definition) is 0. The summed E-state index contributed by atoms with van der Waals surface area (Å²) in [5.41, 5.74) is 0.802. The van der Waals surface area contributed by atoms with E-state index in [0.717, 1.165) is 37.4 Å². The maximum Gasteiger partial charge on any atom is 0.0645 e. The molecule has 1 heterocycles. The second kappa shape index (κ2) is 12.0. The van der Waals surface area contributed by atoms with Crippen LogP contribution in [0.15, 0.2) is 188 Å². The van der Waals surface area contributed by atoms with Gasteiger partial charge in [-0.05, 0) is 105 Å². The minimum atomic E-state index is -0.724. The molecule has 226 valence electrons. The Kier molecular flexibility index (Phi) is 4.32. The third-order valence-electron chi connectivity index (χ3n) is 8.18. The summed E-state index contributed by atoms with van der Waals surface area (Å²) in [6.45, 7) is 0. The highest BCUT2D eigenvalue weighted by Gasteiger charge is 2.16. The molecule has 0 N–H and O–H groups in total. The van der Waals surface area contributed by atoms with Gasteiger partial charge >= 0.3 is 0 Å². The lowest BCUT2D eigenvalue weighted by Gasteiger charge is -2.26. The Labute approximate surface area is 304 Å². The average molecular weight is 644 g/mol. The van der Waals surface area contributed by atoms with E-state index >= 15 is 0 Å². The van der Waals surface area contributed by atoms with Gasteiger partial charge in [-0.3, -0.25) is 0 Å². The molecule has 8 aromatic carbocycles. The van der Waals surface area contributed by atoms with E-state index in [2.05, 4.69) is 0 Å². The molecule has 0 atom stereocenters. The molecular weight excluding hydrogens is 599 g/mol. The van der Waals surface area contributed by atoms with Crippen molar-refractivity contribution in [3.05, 3.63) is 188 Å². The quantitative estimate of drug-likeness (QED) is 0.174. The summed E-state index contributed by atoms with van der Waals surface area (Å²) in [7, 11) is 0. The van der Waals surface area contributed by atoms with E-state index in [0.29, 0.717) is 11.4 Å². The van der Waals surface area contributed by atoms with Crippen LogP contribution in [0.1, 0.15) is 19.2 Å². The fraction of sp³-hybridized carbons (Fsp3) is 0. The van der Waals surface area contributed by atoms with Crippen LogP contribution in [0, 0.1) is 0 Å². The lowest BCUT2D eigenvalue weighted by Crippen LogP contribution is -2.10. The van der Waals surface area contributed by atoms with Crippen LogP contribution in [0.4, 0.5) is 17.1 Å². The zero-order chi connectivity index (χ0) is 44.0. The second-order valence-electron chi connectivity index (χ2n) is 11.1. The SMILES string of the molecule is [2H]c1cc2c(-c3c([2H])c([2H])c([2H])c([2H])c3[2H])c([2H])c(-c3c([2H])c([2H])c(N(c4cccc(-c5ccccc5)c4)c4ccc5sc6ccccc6c5c4)c([2H])c3[2H])c([2H])c2c([2H])c1[2H]. The minimum absolute atomic E-state index is 0.133. The van der Waals surface area contributed by atoms with Crippen molar-refractivity contribution < 1.29 is 19.2 Å². The molecule has 1 nitrogen and oxygen atoms in total. The summed E-state index contributed by atoms with van der Waals surface area (Å²) in [6.07, 6.45) is 0. The first-order valence-electron chi connectivity index (χ1n) is 22.2. The van der Waals surface area contributed by atoms with Crippen molar-refractivity contribution >= 4 is 59.3 Å². The number of fused-ring (bicyclic) bond motifs is 4. The van der Waals surface area contributed by atoms with Gasteiger partial charge in [0.25, 0.3) is 0 Å². The third-order valence-corrected chi connectivity index (χ3v) is 9.33. The predicted molar refractivity (Wildman–Crippen MR) is 208 cm³/mol. The van der Waals surface area contributed by atoms with Gasteiger partial charge in [0.05, 0.1) is 19.2 Å². The van der Waals surface area contributed by atoms with Crippen LogP contribution in [0.25, 0.3) is 64.3 Å². The highest BCUT2D eigenvalue weighted by atomic mass is 32.1. The molecule has 9 aromatic rings. The number of hydrogen-bond acceptors (Lipinski definition) is 2. The van der Waals surface area contributed by atoms with Gasteiger partial charge < -0.3 is 4.90 Å². The Balaban J connectivity index is 1.36. The van der Waals surface area contributed by atoms with Gasteiger partial charge in [-0.15, -0.1) is 11.3 Å². The Morgan fingerprint density at radius 1 is 0.417 bits per heavy atom. The number of thiophene rings is 1. The number of anilines is 3. The molecule has 0 aliphatic heterocycles. The molecule has 48 heavy (non-hydrogen) atoms. The fourth-order valence-electron chi connectivity index (χ4n) is 5.95. The normalized spacial score (nSPS) is 15.4. The highest BCUT2D eigenvalue weighted by molar-refractivity contribution is 7.25. The molecule has 0 aliphatic carbocycles. The number of nitrogens with zero attached hydrogens (tertiary/aromatic N) is 1. The molecule has 0 unspecified atom stereocenters. The molecule has 1 aromatic heterocycles. The van der Waals surface area contributed by atoms with Crippen LogP contribution in [0.2, 0.25) is 0 Å². The Morgan fingerprint density at radius 2 is 1.17 bits per heavy atom. The third kappa shape index (κ3) is 5.13. The van der Waals surface area contributed by atoms with Gasteiger partial charge in [-0.1, -0.05) is 127 Å². The zero-order valence-electron chi connectivity index (χ0n) is 39.2. The van der Waals surface area contributed by atoms with Crippen molar-refractivity contribution in [3.8, 4) is 33.4 Å². The van der Waals surface area contributed by atoms with Gasteiger partial charge in [-0.2, -0.15) is 0 Å². The van der Waals surface area contributed by atoms with E-state index in [1.165, 1.54) is 0 Å². The lowest BCUT2D eigenvalue weighted by atomic mass is 9.93. The molecule has 0 bridgehead atoms. The lowest BCUT2D eigenvalue weighted by molar-refractivity contribution is 1.29. The molecular formula is C46H31NS. The molecule has 9 rings (SSSR count). The summed E-state index contributed by atoms with van der Waals surface area (Å²) in [4.78, 5) is 1.65. The Hall–Kier alpha value is -5.96. The van der Waals surface area contributed by atoms with E-state index in [4.69, 9.17) is 11.0 Å². The first kappa shape index (κ1) is 17.3. The van der Waals surface area contributed by atoms with Crippen LogP contribution in [-0.4, -0.2) is 0 Å². The summed E-state index contributed by atoms with van der Waals surface area (Å²) >= 11 is 1.62. The molecule has 0 radical (unpaired) electrons. The van der Waals surface area contributed by atoms with E-state index in [1.54, 1.807) is 22.3 Å². The Morgan fingerprint density at radius 3 is 2.04 bits per heavy atom. The maximum atomic E-state index is 9.63. The average Bonchev–Trinajstić information content (AvgIpc) is 3.65. The van der Waals surface area contributed by atoms with Gasteiger partial charge in [-0.25, -0.2) is 0 Å². The Bertz CT molecular complexity index is 3310. The van der Waals surface area contributed by atoms with Crippen molar-refractivity contribution in [3.63, 3.8) is 0 Å². The monoisotopic (exact) mass is 643 g/mol. The van der Waals surface area contributed by atoms with E-state index in [9.17, 15) is 8.22 Å². The second-order valence-corrected chi connectivity index (χ2v) is 12.2.